The van der Waals surface area contributed by atoms with E-state index in [4.69, 9.17) is 5.73 Å². The zero-order valence-electron chi connectivity index (χ0n) is 7.63. The van der Waals surface area contributed by atoms with Gasteiger partial charge in [0.1, 0.15) is 0 Å². The normalized spacial score (nSPS) is 18.9. The van der Waals surface area contributed by atoms with E-state index in [0.717, 1.165) is 12.8 Å². The minimum Gasteiger partial charge on any atom is -0.328 e. The summed E-state index contributed by atoms with van der Waals surface area (Å²) in [6, 6.07) is 0.240. The first-order valence-electron chi connectivity index (χ1n) is 4.19. The van der Waals surface area contributed by atoms with Crippen LogP contribution in [0.15, 0.2) is 0 Å². The zero-order valence-corrected chi connectivity index (χ0v) is 7.63. The molecule has 0 bridgehead atoms. The van der Waals surface area contributed by atoms with Crippen molar-refractivity contribution in [3.63, 3.8) is 0 Å². The molecule has 0 aliphatic carbocycles. The SMILES string of the molecule is CC(N)CC(C)CC(C)[C]=O. The fourth-order valence-corrected chi connectivity index (χ4v) is 1.38. The zero-order chi connectivity index (χ0) is 8.85. The maximum absolute atomic E-state index is 10.2. The summed E-state index contributed by atoms with van der Waals surface area (Å²) in [7, 11) is 0. The summed E-state index contributed by atoms with van der Waals surface area (Å²) in [5, 5.41) is 0. The summed E-state index contributed by atoms with van der Waals surface area (Å²) in [6.07, 6.45) is 3.88. The predicted octanol–water partition coefficient (Wildman–Crippen LogP) is 1.50. The molecule has 0 fully saturated rings. The highest BCUT2D eigenvalue weighted by atomic mass is 16.1. The third-order valence-corrected chi connectivity index (χ3v) is 1.73. The van der Waals surface area contributed by atoms with Crippen molar-refractivity contribution in [2.45, 2.75) is 39.7 Å². The minimum absolute atomic E-state index is 0.0590. The van der Waals surface area contributed by atoms with Crippen molar-refractivity contribution in [2.75, 3.05) is 0 Å². The van der Waals surface area contributed by atoms with Crippen molar-refractivity contribution in [1.82, 2.24) is 0 Å². The summed E-state index contributed by atoms with van der Waals surface area (Å²) in [5.41, 5.74) is 5.61. The summed E-state index contributed by atoms with van der Waals surface area (Å²) >= 11 is 0. The average molecular weight is 156 g/mol. The molecule has 0 heterocycles. The highest BCUT2D eigenvalue weighted by molar-refractivity contribution is 5.53. The Morgan fingerprint density at radius 1 is 1.27 bits per heavy atom. The number of hydrogen-bond donors (Lipinski definition) is 1. The average Bonchev–Trinajstić information content (AvgIpc) is 1.85. The topological polar surface area (TPSA) is 43.1 Å². The smallest absolute Gasteiger partial charge is 0.201 e. The van der Waals surface area contributed by atoms with Crippen LogP contribution in [0.5, 0.6) is 0 Å². The van der Waals surface area contributed by atoms with Crippen LogP contribution in [0.2, 0.25) is 0 Å². The van der Waals surface area contributed by atoms with Gasteiger partial charge in [-0.15, -0.1) is 0 Å². The van der Waals surface area contributed by atoms with Crippen LogP contribution in [0.25, 0.3) is 0 Å². The molecular weight excluding hydrogens is 138 g/mol. The van der Waals surface area contributed by atoms with Gasteiger partial charge in [0, 0.05) is 12.0 Å². The molecule has 1 radical (unpaired) electrons. The molecule has 0 saturated heterocycles. The molecule has 0 aliphatic rings. The fraction of sp³-hybridized carbons (Fsp3) is 0.889. The second-order valence-corrected chi connectivity index (χ2v) is 3.57. The third kappa shape index (κ3) is 6.05. The van der Waals surface area contributed by atoms with Gasteiger partial charge in [-0.2, -0.15) is 0 Å². The van der Waals surface area contributed by atoms with E-state index in [1.54, 1.807) is 0 Å². The van der Waals surface area contributed by atoms with E-state index in [1.165, 1.54) is 0 Å². The maximum Gasteiger partial charge on any atom is 0.201 e. The number of hydrogen-bond acceptors (Lipinski definition) is 2. The molecule has 0 spiro atoms. The van der Waals surface area contributed by atoms with Gasteiger partial charge in [0.05, 0.1) is 0 Å². The van der Waals surface area contributed by atoms with Crippen LogP contribution in [0.1, 0.15) is 33.6 Å². The van der Waals surface area contributed by atoms with Gasteiger partial charge >= 0.3 is 0 Å². The Hall–Kier alpha value is -0.370. The Kier molecular flexibility index (Phi) is 5.12. The van der Waals surface area contributed by atoms with E-state index in [1.807, 2.05) is 20.1 Å². The van der Waals surface area contributed by atoms with Crippen molar-refractivity contribution in [3.8, 4) is 0 Å². The molecule has 0 aliphatic heterocycles. The summed E-state index contributed by atoms with van der Waals surface area (Å²) in [4.78, 5) is 10.2. The van der Waals surface area contributed by atoms with Gasteiger partial charge in [0.15, 0.2) is 0 Å². The van der Waals surface area contributed by atoms with E-state index in [2.05, 4.69) is 6.92 Å². The van der Waals surface area contributed by atoms with E-state index < -0.39 is 0 Å². The Morgan fingerprint density at radius 3 is 2.18 bits per heavy atom. The monoisotopic (exact) mass is 156 g/mol. The summed E-state index contributed by atoms with van der Waals surface area (Å²) in [5.74, 6) is 0.593. The summed E-state index contributed by atoms with van der Waals surface area (Å²) < 4.78 is 0. The van der Waals surface area contributed by atoms with E-state index in [0.29, 0.717) is 5.92 Å². The Morgan fingerprint density at radius 2 is 1.82 bits per heavy atom. The third-order valence-electron chi connectivity index (χ3n) is 1.73. The minimum atomic E-state index is 0.0590. The molecule has 0 rings (SSSR count). The number of carbonyl (C=O) groups excluding carboxylic acids is 1. The van der Waals surface area contributed by atoms with Crippen molar-refractivity contribution in [1.29, 1.82) is 0 Å². The molecule has 0 aromatic heterocycles. The number of nitrogens with two attached hydrogens (primary N) is 1. The van der Waals surface area contributed by atoms with Gasteiger partial charge in [0.25, 0.3) is 0 Å². The molecule has 0 amide bonds. The molecule has 11 heavy (non-hydrogen) atoms. The molecule has 0 saturated carbocycles. The van der Waals surface area contributed by atoms with Crippen LogP contribution in [0.3, 0.4) is 0 Å². The molecule has 0 aromatic rings. The van der Waals surface area contributed by atoms with Crippen LogP contribution in [0, 0.1) is 11.8 Å². The van der Waals surface area contributed by atoms with Crippen LogP contribution >= 0.6 is 0 Å². The first-order chi connectivity index (χ1) is 5.06. The van der Waals surface area contributed by atoms with Crippen LogP contribution in [-0.2, 0) is 4.79 Å². The molecule has 2 nitrogen and oxygen atoms in total. The van der Waals surface area contributed by atoms with Crippen molar-refractivity contribution in [2.24, 2.45) is 17.6 Å². The van der Waals surface area contributed by atoms with Gasteiger partial charge in [-0.05, 0) is 25.7 Å². The lowest BCUT2D eigenvalue weighted by Crippen LogP contribution is -2.19. The van der Waals surface area contributed by atoms with Gasteiger partial charge in [-0.25, -0.2) is 0 Å². The largest absolute Gasteiger partial charge is 0.328 e. The van der Waals surface area contributed by atoms with Crippen molar-refractivity contribution >= 4 is 6.29 Å². The van der Waals surface area contributed by atoms with E-state index in [9.17, 15) is 4.79 Å². The first kappa shape index (κ1) is 10.6. The maximum atomic E-state index is 10.2. The molecule has 2 heteroatoms. The Balaban J connectivity index is 3.51. The predicted molar refractivity (Wildman–Crippen MR) is 46.9 cm³/mol. The lowest BCUT2D eigenvalue weighted by Gasteiger charge is -2.14. The Labute approximate surface area is 69.2 Å². The summed E-state index contributed by atoms with van der Waals surface area (Å²) in [6.45, 7) is 6.01. The van der Waals surface area contributed by atoms with Gasteiger partial charge in [-0.3, -0.25) is 4.79 Å². The van der Waals surface area contributed by atoms with E-state index >= 15 is 0 Å². The van der Waals surface area contributed by atoms with Crippen LogP contribution < -0.4 is 5.73 Å². The second kappa shape index (κ2) is 5.30. The molecule has 3 unspecified atom stereocenters. The quantitative estimate of drug-likeness (QED) is 0.655. The Bertz CT molecular complexity index is 112. The molecule has 3 atom stereocenters. The van der Waals surface area contributed by atoms with Crippen LogP contribution in [-0.4, -0.2) is 12.3 Å². The standard InChI is InChI=1S/C9H18NO/c1-7(5-9(3)10)4-8(2)6-11/h7-9H,4-5,10H2,1-3H3. The van der Waals surface area contributed by atoms with Gasteiger partial charge in [-0.1, -0.05) is 13.8 Å². The van der Waals surface area contributed by atoms with Crippen molar-refractivity contribution < 1.29 is 4.79 Å². The van der Waals surface area contributed by atoms with Crippen molar-refractivity contribution in [3.05, 3.63) is 0 Å². The van der Waals surface area contributed by atoms with E-state index in [-0.39, 0.29) is 12.0 Å². The molecule has 2 N–H and O–H groups in total. The first-order valence-corrected chi connectivity index (χ1v) is 4.19. The van der Waals surface area contributed by atoms with Gasteiger partial charge in [0.2, 0.25) is 6.29 Å². The second-order valence-electron chi connectivity index (χ2n) is 3.57. The lowest BCUT2D eigenvalue weighted by atomic mass is 9.93. The molecule has 65 valence electrons. The highest BCUT2D eigenvalue weighted by Crippen LogP contribution is 2.14. The highest BCUT2D eigenvalue weighted by Gasteiger charge is 2.09. The van der Waals surface area contributed by atoms with Gasteiger partial charge < -0.3 is 5.73 Å². The molecule has 0 aromatic carbocycles. The lowest BCUT2D eigenvalue weighted by molar-refractivity contribution is 0.409. The molecular formula is C9H18NO. The van der Waals surface area contributed by atoms with Crippen LogP contribution in [0.4, 0.5) is 0 Å². The fourth-order valence-electron chi connectivity index (χ4n) is 1.38. The number of rotatable bonds is 5.